The van der Waals surface area contributed by atoms with E-state index in [0.717, 1.165) is 82.0 Å². The number of unbranched alkanes of at least 4 members (excludes halogenated alkanes) is 1. The van der Waals surface area contributed by atoms with Crippen molar-refractivity contribution >= 4 is 79.4 Å². The number of esters is 1. The van der Waals surface area contributed by atoms with Gasteiger partial charge in [-0.05, 0) is 124 Å². The maximum Gasteiger partial charge on any atom is 2.00 e. The van der Waals surface area contributed by atoms with Gasteiger partial charge >= 0.3 is 22.7 Å². The van der Waals surface area contributed by atoms with E-state index in [9.17, 15) is 19.5 Å². The van der Waals surface area contributed by atoms with Crippen molar-refractivity contribution in [1.29, 1.82) is 0 Å². The van der Waals surface area contributed by atoms with E-state index < -0.39 is 0 Å². The standard InChI is InChI=1S/C40H48N2O3.C10H8N3O2S.C9H7N3O2S.Co/c1-10-13-18-44-39(43)29-17-15-14-16-28(29)38-32-20-30(26(6)19-25(4)5)34(41-11-2)22-36(32)45-37-23-35-31(21-33(37)38)27(7)24-40(8,9)42(35)12-3;1-15-9-6-7(14)2-3-8(9)12-13-10-11-4-5-16-10;13-6-1-2-7(8(14)5-6)11-12-9-10-3-4-15-9;/h14-17,19-25H,10-13,18H2,1-9H3;2-6H,1H2,(H,11,13,14);1-5H,(H2,10,12,13,14);/q;-1;;+2/p-1/b26-19-,41-34?;;;. The molecule has 401 valence electrons. The number of fused-ring (bicyclic) bond motifs is 3. The molecule has 0 saturated carbocycles. The van der Waals surface area contributed by atoms with E-state index in [4.69, 9.17) is 13.9 Å². The first-order chi connectivity index (χ1) is 36.5. The van der Waals surface area contributed by atoms with Crippen LogP contribution in [0, 0.1) is 13.0 Å². The third-order valence-electron chi connectivity index (χ3n) is 12.2. The Morgan fingerprint density at radius 1 is 0.883 bits per heavy atom. The molecule has 4 heterocycles. The monoisotopic (exact) mass is 1120 g/mol. The number of aromatic nitrogens is 2. The second kappa shape index (κ2) is 27.0. The molecule has 0 saturated heterocycles. The average molecular weight is 1120 g/mol. The summed E-state index contributed by atoms with van der Waals surface area (Å²) in [6.45, 7) is 21.8. The molecule has 3 aliphatic carbocycles. The van der Waals surface area contributed by atoms with E-state index in [2.05, 4.69) is 146 Å². The van der Waals surface area contributed by atoms with Gasteiger partial charge in [-0.3, -0.25) is 19.8 Å². The number of thiazole rings is 2. The molecular formula is C59H62CoN8O7S2. The number of allylic oxidation sites excluding steroid dienone is 9. The Balaban J connectivity index is 0.000000242. The minimum absolute atomic E-state index is 0. The Labute approximate surface area is 466 Å². The van der Waals surface area contributed by atoms with Gasteiger partial charge < -0.3 is 44.1 Å². The number of carbonyl (C=O) groups is 3. The largest absolute Gasteiger partial charge is 2.00 e. The summed E-state index contributed by atoms with van der Waals surface area (Å²) in [5, 5.41) is 30.3. The Bertz CT molecular complexity index is 3560. The topological polar surface area (TPSA) is 198 Å². The maximum absolute atomic E-state index is 13.6. The van der Waals surface area contributed by atoms with Crippen molar-refractivity contribution in [2.45, 2.75) is 80.7 Å². The van der Waals surface area contributed by atoms with Crippen LogP contribution in [0.4, 0.5) is 5.69 Å². The molecular weight excluding hydrogens is 1060 g/mol. The molecule has 4 aromatic rings. The number of aliphatic hydroxyl groups excluding tert-OH is 1. The molecule has 2 aliphatic heterocycles. The molecule has 0 unspecified atom stereocenters. The van der Waals surface area contributed by atoms with Gasteiger partial charge in [0, 0.05) is 67.7 Å². The first-order valence-electron chi connectivity index (χ1n) is 25.0. The molecule has 1 radical (unpaired) electrons. The van der Waals surface area contributed by atoms with Gasteiger partial charge in [-0.25, -0.2) is 9.79 Å². The van der Waals surface area contributed by atoms with Crippen LogP contribution in [0.2, 0.25) is 0 Å². The summed E-state index contributed by atoms with van der Waals surface area (Å²) < 4.78 is 17.4. The molecule has 2 N–H and O–H groups in total. The Morgan fingerprint density at radius 3 is 2.16 bits per heavy atom. The fourth-order valence-electron chi connectivity index (χ4n) is 8.90. The average Bonchev–Trinajstić information content (AvgIpc) is 4.13. The zero-order valence-corrected chi connectivity index (χ0v) is 47.2. The molecule has 0 fully saturated rings. The minimum Gasteiger partial charge on any atom is -0.664 e. The van der Waals surface area contributed by atoms with Crippen molar-refractivity contribution < 1.29 is 55.2 Å². The summed E-state index contributed by atoms with van der Waals surface area (Å²) in [5.74, 6) is 0.577. The molecule has 0 amide bonds. The van der Waals surface area contributed by atoms with Crippen LogP contribution < -0.4 is 34.8 Å². The molecule has 0 bridgehead atoms. The van der Waals surface area contributed by atoms with Gasteiger partial charge in [-0.1, -0.05) is 69.9 Å². The van der Waals surface area contributed by atoms with Crippen molar-refractivity contribution in [3.8, 4) is 22.5 Å². The molecule has 2 aromatic carbocycles. The Kier molecular flexibility index (Phi) is 20.6. The number of rotatable bonds is 12. The quantitative estimate of drug-likeness (QED) is 0.0297. The molecule has 15 nitrogen and oxygen atoms in total. The summed E-state index contributed by atoms with van der Waals surface area (Å²) in [4.78, 5) is 50.3. The van der Waals surface area contributed by atoms with Gasteiger partial charge in [-0.15, -0.1) is 0 Å². The molecule has 0 atom stereocenters. The number of hydrogen-bond donors (Lipinski definition) is 2. The van der Waals surface area contributed by atoms with Gasteiger partial charge in [0.05, 0.1) is 23.8 Å². The molecule has 77 heavy (non-hydrogen) atoms. The van der Waals surface area contributed by atoms with E-state index in [1.165, 1.54) is 69.8 Å². The first-order valence-corrected chi connectivity index (χ1v) is 26.7. The van der Waals surface area contributed by atoms with Crippen LogP contribution in [0.1, 0.15) is 96.6 Å². The number of aliphatic hydroxyl groups is 1. The number of carbonyl (C=O) groups excluding carboxylic acids is 3. The first kappa shape index (κ1) is 58.7. The third kappa shape index (κ3) is 14.5. The predicted octanol–water partition coefficient (Wildman–Crippen LogP) is 9.58. The second-order valence-electron chi connectivity index (χ2n) is 18.6. The summed E-state index contributed by atoms with van der Waals surface area (Å²) in [7, 11) is 3.25. The predicted molar refractivity (Wildman–Crippen MR) is 302 cm³/mol. The summed E-state index contributed by atoms with van der Waals surface area (Å²) in [6.07, 6.45) is 17.7. The number of benzene rings is 3. The minimum atomic E-state index is -0.297. The van der Waals surface area contributed by atoms with Crippen molar-refractivity contribution in [1.82, 2.24) is 9.97 Å². The van der Waals surface area contributed by atoms with E-state index in [-0.39, 0.29) is 51.3 Å². The SMILES string of the molecule is CCCCOC(=O)c1ccccc1-c1c2cc(/C(C)=C\C(C)C)c(=[NH+]CC)cc-2oc2cc3c(cc12)C(C)=CC(C)(C)N3CC.O=C1C=C/C(=N\N=c2/[n-]ccs2)C(O)=C1.[CH2-]OC1=CC(=O)C=C/C1=N\N=c1/[n-]ccs1.[Co+2]. The number of likely N-dealkylation sites (N-methyl/N-ethyl adjacent to an activating group) is 1. The normalized spacial score (nSPS) is 16.7. The number of ether oxygens (including phenoxy) is 2. The Hall–Kier alpha value is -7.51. The van der Waals surface area contributed by atoms with Crippen molar-refractivity contribution in [3.63, 3.8) is 0 Å². The van der Waals surface area contributed by atoms with Gasteiger partial charge in [0.15, 0.2) is 11.6 Å². The van der Waals surface area contributed by atoms with Gasteiger partial charge in [0.25, 0.3) is 0 Å². The van der Waals surface area contributed by atoms with Crippen molar-refractivity contribution in [3.05, 3.63) is 171 Å². The van der Waals surface area contributed by atoms with E-state index in [1.54, 1.807) is 23.2 Å². The van der Waals surface area contributed by atoms with E-state index in [0.29, 0.717) is 39.2 Å². The van der Waals surface area contributed by atoms with Gasteiger partial charge in [-0.2, -0.15) is 29.8 Å². The van der Waals surface area contributed by atoms with Crippen molar-refractivity contribution in [2.75, 3.05) is 24.6 Å². The third-order valence-corrected chi connectivity index (χ3v) is 13.5. The molecule has 2 aromatic heterocycles. The maximum atomic E-state index is 13.6. The summed E-state index contributed by atoms with van der Waals surface area (Å²) >= 11 is 2.71. The van der Waals surface area contributed by atoms with Crippen LogP contribution in [0.15, 0.2) is 157 Å². The molecule has 5 aliphatic rings. The zero-order chi connectivity index (χ0) is 54.5. The molecule has 0 spiro atoms. The molecule has 9 rings (SSSR count). The fourth-order valence-corrected chi connectivity index (χ4v) is 9.80. The summed E-state index contributed by atoms with van der Waals surface area (Å²) in [6, 6.07) is 16.7. The number of ketones is 2. The number of hydrogen-bond acceptors (Lipinski definition) is 14. The summed E-state index contributed by atoms with van der Waals surface area (Å²) in [5.41, 5.74) is 10.6. The van der Waals surface area contributed by atoms with Crippen molar-refractivity contribution in [2.24, 2.45) is 26.3 Å². The van der Waals surface area contributed by atoms with Crippen LogP contribution in [0.25, 0.3) is 44.6 Å². The van der Waals surface area contributed by atoms with Gasteiger partial charge in [0.1, 0.15) is 40.8 Å². The zero-order valence-electron chi connectivity index (χ0n) is 44.5. The number of nitrogens with one attached hydrogen (secondary N) is 1. The van der Waals surface area contributed by atoms with Crippen LogP contribution in [-0.2, 0) is 35.8 Å². The van der Waals surface area contributed by atoms with Gasteiger partial charge in [0.2, 0.25) is 5.36 Å². The van der Waals surface area contributed by atoms with E-state index >= 15 is 0 Å². The smallest absolute Gasteiger partial charge is 0.664 e. The van der Waals surface area contributed by atoms with E-state index in [1.807, 2.05) is 24.3 Å². The van der Waals surface area contributed by atoms with Crippen LogP contribution in [0.3, 0.4) is 0 Å². The van der Waals surface area contributed by atoms with Crippen LogP contribution in [-0.4, -0.2) is 59.3 Å². The molecule has 18 heteroatoms. The van der Waals surface area contributed by atoms with Crippen LogP contribution in [0.5, 0.6) is 0 Å². The Morgan fingerprint density at radius 2 is 1.55 bits per heavy atom. The number of anilines is 1. The van der Waals surface area contributed by atoms with Crippen LogP contribution >= 0.6 is 22.7 Å². The number of nitrogens with zero attached hydrogens (tertiary/aromatic N) is 7. The second-order valence-corrected chi connectivity index (χ2v) is 20.3. The fraction of sp³-hybridized carbons (Fsp3) is 0.271.